The number of aliphatic hydroxyl groups excluding tert-OH is 3. The molecule has 4 atom stereocenters. The van der Waals surface area contributed by atoms with E-state index in [2.05, 4.69) is 20.4 Å². The number of hydrogen-bond donors (Lipinski definition) is 4. The molecule has 2 aromatic rings. The van der Waals surface area contributed by atoms with Crippen molar-refractivity contribution >= 4 is 39.6 Å². The molecule has 2 aromatic heterocycles. The van der Waals surface area contributed by atoms with Crippen LogP contribution in [0.4, 0.5) is 5.82 Å². The van der Waals surface area contributed by atoms with Crippen molar-refractivity contribution in [3.63, 3.8) is 0 Å². The Kier molecular flexibility index (Phi) is 4.30. The Balaban J connectivity index is 1.69. The summed E-state index contributed by atoms with van der Waals surface area (Å²) < 4.78 is 7.52. The molecule has 0 spiro atoms. The molecule has 4 rings (SSSR count). The van der Waals surface area contributed by atoms with E-state index in [-0.39, 0.29) is 6.10 Å². The number of imidazole rings is 1. The number of anilines is 1. The second kappa shape index (κ2) is 6.31. The third-order valence-corrected chi connectivity index (χ3v) is 4.51. The average molecular weight is 449 g/mol. The molecule has 2 fully saturated rings. The van der Waals surface area contributed by atoms with Crippen LogP contribution in [0.25, 0.3) is 11.2 Å². The van der Waals surface area contributed by atoms with Crippen molar-refractivity contribution in [1.29, 1.82) is 0 Å². The average Bonchev–Trinajstić information content (AvgIpc) is 3.24. The Labute approximate surface area is 149 Å². The first-order chi connectivity index (χ1) is 11.6. The van der Waals surface area contributed by atoms with Crippen LogP contribution in [-0.4, -0.2) is 65.9 Å². The molecule has 3 heterocycles. The van der Waals surface area contributed by atoms with Crippen LogP contribution < -0.4 is 5.48 Å². The molecule has 10 nitrogen and oxygen atoms in total. The Morgan fingerprint density at radius 1 is 1.33 bits per heavy atom. The molecule has 11 heteroatoms. The Bertz CT molecular complexity index is 754. The summed E-state index contributed by atoms with van der Waals surface area (Å²) in [6, 6.07) is 0. The SMILES string of the molecule is OCC1O[C@@H](n2cnc3c(NOC4CC4)nc(I)nc32)[C@H](O)[C@@H]1O. The highest BCUT2D eigenvalue weighted by Crippen LogP contribution is 2.33. The summed E-state index contributed by atoms with van der Waals surface area (Å²) in [5.41, 5.74) is 3.71. The van der Waals surface area contributed by atoms with Gasteiger partial charge in [0.15, 0.2) is 27.0 Å². The van der Waals surface area contributed by atoms with Gasteiger partial charge < -0.3 is 20.1 Å². The summed E-state index contributed by atoms with van der Waals surface area (Å²) in [6.45, 7) is -0.393. The van der Waals surface area contributed by atoms with E-state index in [1.54, 1.807) is 0 Å². The quantitative estimate of drug-likeness (QED) is 0.272. The van der Waals surface area contributed by atoms with Crippen molar-refractivity contribution in [2.75, 3.05) is 12.1 Å². The first kappa shape index (κ1) is 16.4. The molecule has 4 N–H and O–H groups in total. The first-order valence-corrected chi connectivity index (χ1v) is 8.60. The lowest BCUT2D eigenvalue weighted by atomic mass is 10.1. The van der Waals surface area contributed by atoms with E-state index in [0.717, 1.165) is 12.8 Å². The van der Waals surface area contributed by atoms with Crippen LogP contribution in [0.5, 0.6) is 0 Å². The molecule has 1 aliphatic heterocycles. The minimum atomic E-state index is -1.20. The maximum absolute atomic E-state index is 10.2. The number of hydrogen-bond acceptors (Lipinski definition) is 9. The van der Waals surface area contributed by atoms with Crippen LogP contribution in [0, 0.1) is 3.83 Å². The number of fused-ring (bicyclic) bond motifs is 1. The third-order valence-electron chi connectivity index (χ3n) is 4.03. The first-order valence-electron chi connectivity index (χ1n) is 7.52. The van der Waals surface area contributed by atoms with Gasteiger partial charge in [-0.05, 0) is 12.8 Å². The Morgan fingerprint density at radius 3 is 2.79 bits per heavy atom. The van der Waals surface area contributed by atoms with Crippen LogP contribution in [0.3, 0.4) is 0 Å². The van der Waals surface area contributed by atoms with E-state index in [0.29, 0.717) is 20.8 Å². The normalized spacial score (nSPS) is 30.2. The molecular formula is C13H16IN5O5. The maximum Gasteiger partial charge on any atom is 0.194 e. The molecule has 1 saturated heterocycles. The largest absolute Gasteiger partial charge is 0.394 e. The Morgan fingerprint density at radius 2 is 2.12 bits per heavy atom. The summed E-state index contributed by atoms with van der Waals surface area (Å²) in [7, 11) is 0. The number of rotatable bonds is 5. The van der Waals surface area contributed by atoms with Gasteiger partial charge in [0.05, 0.1) is 19.0 Å². The van der Waals surface area contributed by atoms with Crippen molar-refractivity contribution in [2.45, 2.75) is 43.5 Å². The van der Waals surface area contributed by atoms with E-state index in [4.69, 9.17) is 9.57 Å². The number of aromatic nitrogens is 4. The van der Waals surface area contributed by atoms with Crippen LogP contribution in [0.15, 0.2) is 6.33 Å². The predicted molar refractivity (Wildman–Crippen MR) is 88.8 cm³/mol. The minimum absolute atomic E-state index is 0.190. The van der Waals surface area contributed by atoms with Gasteiger partial charge in [0.25, 0.3) is 0 Å². The van der Waals surface area contributed by atoms with E-state index < -0.39 is 31.1 Å². The van der Waals surface area contributed by atoms with Crippen molar-refractivity contribution in [1.82, 2.24) is 19.5 Å². The van der Waals surface area contributed by atoms with E-state index in [9.17, 15) is 15.3 Å². The molecule has 1 aliphatic carbocycles. The molecule has 1 unspecified atom stereocenters. The lowest BCUT2D eigenvalue weighted by molar-refractivity contribution is -0.0511. The van der Waals surface area contributed by atoms with Gasteiger partial charge >= 0.3 is 0 Å². The third kappa shape index (κ3) is 2.84. The van der Waals surface area contributed by atoms with Crippen LogP contribution >= 0.6 is 22.6 Å². The van der Waals surface area contributed by atoms with Crippen molar-refractivity contribution in [2.24, 2.45) is 0 Å². The van der Waals surface area contributed by atoms with Crippen molar-refractivity contribution in [3.8, 4) is 0 Å². The van der Waals surface area contributed by atoms with Gasteiger partial charge in [0, 0.05) is 22.6 Å². The predicted octanol–water partition coefficient (Wildman–Crippen LogP) is -0.452. The number of halogens is 1. The molecule has 130 valence electrons. The summed E-state index contributed by atoms with van der Waals surface area (Å²) in [6.07, 6.45) is -0.484. The molecule has 24 heavy (non-hydrogen) atoms. The molecule has 1 saturated carbocycles. The van der Waals surface area contributed by atoms with Crippen molar-refractivity contribution in [3.05, 3.63) is 10.2 Å². The van der Waals surface area contributed by atoms with Crippen LogP contribution in [0.2, 0.25) is 0 Å². The highest BCUT2D eigenvalue weighted by molar-refractivity contribution is 14.1. The maximum atomic E-state index is 10.2. The van der Waals surface area contributed by atoms with Crippen molar-refractivity contribution < 1.29 is 24.9 Å². The number of ether oxygens (including phenoxy) is 1. The van der Waals surface area contributed by atoms with E-state index in [1.807, 2.05) is 22.6 Å². The van der Waals surface area contributed by atoms with Gasteiger partial charge in [-0.1, -0.05) is 0 Å². The van der Waals surface area contributed by atoms with Gasteiger partial charge in [-0.25, -0.2) is 20.4 Å². The monoisotopic (exact) mass is 449 g/mol. The second-order valence-corrected chi connectivity index (χ2v) is 6.78. The fraction of sp³-hybridized carbons (Fsp3) is 0.615. The zero-order chi connectivity index (χ0) is 16.8. The number of aliphatic hydroxyl groups is 3. The number of nitrogens with zero attached hydrogens (tertiary/aromatic N) is 4. The molecular weight excluding hydrogens is 433 g/mol. The smallest absolute Gasteiger partial charge is 0.194 e. The zero-order valence-electron chi connectivity index (χ0n) is 12.4. The van der Waals surface area contributed by atoms with Gasteiger partial charge in [-0.3, -0.25) is 9.40 Å². The fourth-order valence-electron chi connectivity index (χ4n) is 2.58. The Hall–Kier alpha value is -1.12. The summed E-state index contributed by atoms with van der Waals surface area (Å²) in [5, 5.41) is 29.3. The highest BCUT2D eigenvalue weighted by atomic mass is 127. The summed E-state index contributed by atoms with van der Waals surface area (Å²) in [5.74, 6) is 0.432. The molecule has 0 aromatic carbocycles. The van der Waals surface area contributed by atoms with Gasteiger partial charge in [0.2, 0.25) is 0 Å². The molecule has 0 bridgehead atoms. The van der Waals surface area contributed by atoms with Gasteiger partial charge in [0.1, 0.15) is 18.3 Å². The fourth-order valence-corrected chi connectivity index (χ4v) is 3.05. The topological polar surface area (TPSA) is 135 Å². The summed E-state index contributed by atoms with van der Waals surface area (Å²) in [4.78, 5) is 18.3. The lowest BCUT2D eigenvalue weighted by Gasteiger charge is -2.16. The van der Waals surface area contributed by atoms with E-state index in [1.165, 1.54) is 10.9 Å². The highest BCUT2D eigenvalue weighted by Gasteiger charge is 2.44. The molecule has 2 aliphatic rings. The molecule has 0 amide bonds. The van der Waals surface area contributed by atoms with Crippen LogP contribution in [0.1, 0.15) is 19.1 Å². The van der Waals surface area contributed by atoms with Gasteiger partial charge in [-0.15, -0.1) is 0 Å². The molecule has 0 radical (unpaired) electrons. The standard InChI is InChI=1S/C13H16IN5O5/c14-13-16-10(18-24-5-1-2-5)7-11(17-13)19(4-15-7)12-9(22)8(21)6(3-20)23-12/h4-6,8-9,12,20-22H,1-3H2,(H,16,17,18)/t6?,8-,9-,12-/m1/s1. The second-order valence-electron chi connectivity index (χ2n) is 5.81. The number of nitrogens with one attached hydrogen (secondary N) is 1. The van der Waals surface area contributed by atoms with E-state index >= 15 is 0 Å². The summed E-state index contributed by atoms with van der Waals surface area (Å²) >= 11 is 1.97. The lowest BCUT2D eigenvalue weighted by Crippen LogP contribution is -2.33. The van der Waals surface area contributed by atoms with Gasteiger partial charge in [-0.2, -0.15) is 0 Å². The van der Waals surface area contributed by atoms with Crippen LogP contribution in [-0.2, 0) is 9.57 Å². The zero-order valence-corrected chi connectivity index (χ0v) is 14.6. The minimum Gasteiger partial charge on any atom is -0.394 e.